The maximum Gasteiger partial charge on any atom is 0.143 e. The maximum absolute atomic E-state index is 13.6. The molecule has 1 saturated heterocycles. The van der Waals surface area contributed by atoms with E-state index in [0.29, 0.717) is 5.41 Å². The molecule has 0 amide bonds. The van der Waals surface area contributed by atoms with Crippen molar-refractivity contribution in [3.05, 3.63) is 29.6 Å². The third-order valence-electron chi connectivity index (χ3n) is 4.66. The molecule has 19 heavy (non-hydrogen) atoms. The van der Waals surface area contributed by atoms with Crippen LogP contribution in [-0.2, 0) is 0 Å². The number of nitriles is 1. The van der Waals surface area contributed by atoms with Crippen LogP contribution in [0.15, 0.2) is 18.2 Å². The van der Waals surface area contributed by atoms with Crippen molar-refractivity contribution in [3.8, 4) is 6.07 Å². The predicted molar refractivity (Wildman–Crippen MR) is 73.5 cm³/mol. The molecule has 3 rings (SSSR count). The normalized spacial score (nSPS) is 21.6. The quantitative estimate of drug-likeness (QED) is 0.765. The van der Waals surface area contributed by atoms with Crippen molar-refractivity contribution in [1.82, 2.24) is 0 Å². The molecule has 2 fully saturated rings. The minimum atomic E-state index is -0.401. The Morgan fingerprint density at radius 1 is 1.11 bits per heavy atom. The SMILES string of the molecule is N#Cc1c(F)cccc1N1CC2(CCCCCC2)C1. The molecule has 0 N–H and O–H groups in total. The first-order chi connectivity index (χ1) is 9.24. The van der Waals surface area contributed by atoms with E-state index in [-0.39, 0.29) is 5.56 Å². The van der Waals surface area contributed by atoms with E-state index in [2.05, 4.69) is 4.90 Å². The highest BCUT2D eigenvalue weighted by Gasteiger charge is 2.43. The van der Waals surface area contributed by atoms with Gasteiger partial charge in [0.2, 0.25) is 0 Å². The van der Waals surface area contributed by atoms with E-state index in [9.17, 15) is 4.39 Å². The van der Waals surface area contributed by atoms with Crippen molar-refractivity contribution in [2.45, 2.75) is 38.5 Å². The standard InChI is InChI=1S/C16H19FN2/c17-14-6-5-7-15(13(14)10-18)19-11-16(12-19)8-3-1-2-4-9-16/h5-7H,1-4,8-9,11-12H2. The molecule has 1 heterocycles. The van der Waals surface area contributed by atoms with Crippen molar-refractivity contribution in [2.24, 2.45) is 5.41 Å². The topological polar surface area (TPSA) is 27.0 Å². The number of halogens is 1. The number of rotatable bonds is 1. The number of hydrogen-bond acceptors (Lipinski definition) is 2. The van der Waals surface area contributed by atoms with E-state index in [0.717, 1.165) is 18.8 Å². The smallest absolute Gasteiger partial charge is 0.143 e. The summed E-state index contributed by atoms with van der Waals surface area (Å²) in [7, 11) is 0. The Morgan fingerprint density at radius 3 is 2.42 bits per heavy atom. The van der Waals surface area contributed by atoms with Gasteiger partial charge in [-0.1, -0.05) is 31.7 Å². The van der Waals surface area contributed by atoms with E-state index < -0.39 is 5.82 Å². The summed E-state index contributed by atoms with van der Waals surface area (Å²) in [6.45, 7) is 1.98. The van der Waals surface area contributed by atoms with Gasteiger partial charge in [-0.2, -0.15) is 5.26 Å². The molecule has 1 saturated carbocycles. The van der Waals surface area contributed by atoms with Gasteiger partial charge in [0.05, 0.1) is 5.69 Å². The van der Waals surface area contributed by atoms with Gasteiger partial charge in [0.1, 0.15) is 17.4 Å². The zero-order chi connectivity index (χ0) is 13.3. The molecule has 0 radical (unpaired) electrons. The molecule has 1 aromatic carbocycles. The molecule has 100 valence electrons. The van der Waals surface area contributed by atoms with E-state index >= 15 is 0 Å². The summed E-state index contributed by atoms with van der Waals surface area (Å²) in [4.78, 5) is 2.17. The van der Waals surface area contributed by atoms with Gasteiger partial charge in [-0.15, -0.1) is 0 Å². The molecule has 0 aromatic heterocycles. The predicted octanol–water partition coefficient (Wildman–Crippen LogP) is 3.86. The minimum absolute atomic E-state index is 0.200. The van der Waals surface area contributed by atoms with Gasteiger partial charge >= 0.3 is 0 Å². The van der Waals surface area contributed by atoms with Gasteiger partial charge in [-0.3, -0.25) is 0 Å². The van der Waals surface area contributed by atoms with Gasteiger partial charge < -0.3 is 4.90 Å². The van der Waals surface area contributed by atoms with Gasteiger partial charge in [0.15, 0.2) is 0 Å². The van der Waals surface area contributed by atoms with Crippen molar-refractivity contribution in [2.75, 3.05) is 18.0 Å². The zero-order valence-corrected chi connectivity index (χ0v) is 11.2. The van der Waals surface area contributed by atoms with Crippen LogP contribution in [0, 0.1) is 22.6 Å². The highest BCUT2D eigenvalue weighted by Crippen LogP contribution is 2.45. The summed E-state index contributed by atoms with van der Waals surface area (Å²) < 4.78 is 13.6. The zero-order valence-electron chi connectivity index (χ0n) is 11.2. The van der Waals surface area contributed by atoms with E-state index in [1.807, 2.05) is 12.1 Å². The molecule has 1 aliphatic carbocycles. The molecule has 0 bridgehead atoms. The van der Waals surface area contributed by atoms with Crippen LogP contribution in [0.2, 0.25) is 0 Å². The molecule has 1 aromatic rings. The first-order valence-electron chi connectivity index (χ1n) is 7.18. The Balaban J connectivity index is 1.77. The molecular weight excluding hydrogens is 239 g/mol. The first kappa shape index (κ1) is 12.5. The Bertz CT molecular complexity index is 502. The lowest BCUT2D eigenvalue weighted by atomic mass is 9.73. The van der Waals surface area contributed by atoms with Gasteiger partial charge in [0, 0.05) is 18.5 Å². The summed E-state index contributed by atoms with van der Waals surface area (Å²) in [5.41, 5.74) is 1.42. The first-order valence-corrected chi connectivity index (χ1v) is 7.18. The fourth-order valence-electron chi connectivity index (χ4n) is 3.62. The van der Waals surface area contributed by atoms with Crippen molar-refractivity contribution < 1.29 is 4.39 Å². The van der Waals surface area contributed by atoms with Gasteiger partial charge in [0.25, 0.3) is 0 Å². The second kappa shape index (κ2) is 4.85. The molecule has 0 unspecified atom stereocenters. The van der Waals surface area contributed by atoms with Crippen molar-refractivity contribution >= 4 is 5.69 Å². The molecular formula is C16H19FN2. The van der Waals surface area contributed by atoms with Crippen molar-refractivity contribution in [3.63, 3.8) is 0 Å². The summed E-state index contributed by atoms with van der Waals surface area (Å²) in [5.74, 6) is -0.401. The van der Waals surface area contributed by atoms with Crippen LogP contribution in [0.3, 0.4) is 0 Å². The summed E-state index contributed by atoms with van der Waals surface area (Å²) in [6.07, 6.45) is 7.93. The Hall–Kier alpha value is -1.56. The highest BCUT2D eigenvalue weighted by molar-refractivity contribution is 5.61. The average Bonchev–Trinajstić information content (AvgIpc) is 2.62. The number of anilines is 1. The lowest BCUT2D eigenvalue weighted by molar-refractivity contribution is 0.180. The van der Waals surface area contributed by atoms with E-state index in [1.165, 1.54) is 44.6 Å². The lowest BCUT2D eigenvalue weighted by Gasteiger charge is -2.52. The molecule has 3 heteroatoms. The minimum Gasteiger partial charge on any atom is -0.369 e. The summed E-state index contributed by atoms with van der Waals surface area (Å²) in [5, 5.41) is 9.10. The monoisotopic (exact) mass is 258 g/mol. The van der Waals surface area contributed by atoms with Gasteiger partial charge in [-0.25, -0.2) is 4.39 Å². The maximum atomic E-state index is 13.6. The van der Waals surface area contributed by atoms with Gasteiger partial charge in [-0.05, 0) is 25.0 Å². The van der Waals surface area contributed by atoms with Crippen LogP contribution < -0.4 is 4.90 Å². The lowest BCUT2D eigenvalue weighted by Crippen LogP contribution is -2.56. The van der Waals surface area contributed by atoms with Crippen LogP contribution in [0.25, 0.3) is 0 Å². The molecule has 2 aliphatic rings. The largest absolute Gasteiger partial charge is 0.369 e. The molecule has 2 nitrogen and oxygen atoms in total. The summed E-state index contributed by atoms with van der Waals surface area (Å²) in [6, 6.07) is 6.93. The molecule has 1 spiro atoms. The van der Waals surface area contributed by atoms with Crippen LogP contribution in [0.5, 0.6) is 0 Å². The summed E-state index contributed by atoms with van der Waals surface area (Å²) >= 11 is 0. The Morgan fingerprint density at radius 2 is 1.79 bits per heavy atom. The van der Waals surface area contributed by atoms with E-state index in [1.54, 1.807) is 6.07 Å². The number of nitrogens with zero attached hydrogens (tertiary/aromatic N) is 2. The Labute approximate surface area is 113 Å². The molecule has 0 atom stereocenters. The van der Waals surface area contributed by atoms with Crippen molar-refractivity contribution in [1.29, 1.82) is 5.26 Å². The second-order valence-corrected chi connectivity index (χ2v) is 6.02. The fraction of sp³-hybridized carbons (Fsp3) is 0.562. The highest BCUT2D eigenvalue weighted by atomic mass is 19.1. The third-order valence-corrected chi connectivity index (χ3v) is 4.66. The number of hydrogen-bond donors (Lipinski definition) is 0. The second-order valence-electron chi connectivity index (χ2n) is 6.02. The Kier molecular flexibility index (Phi) is 3.18. The van der Waals surface area contributed by atoms with Crippen LogP contribution >= 0.6 is 0 Å². The van der Waals surface area contributed by atoms with E-state index in [4.69, 9.17) is 5.26 Å². The van der Waals surface area contributed by atoms with Crippen LogP contribution in [0.4, 0.5) is 10.1 Å². The van der Waals surface area contributed by atoms with Crippen LogP contribution in [0.1, 0.15) is 44.1 Å². The molecule has 1 aliphatic heterocycles. The number of benzene rings is 1. The average molecular weight is 258 g/mol. The fourth-order valence-corrected chi connectivity index (χ4v) is 3.62. The van der Waals surface area contributed by atoms with Crippen LogP contribution in [-0.4, -0.2) is 13.1 Å². The third kappa shape index (κ3) is 2.20.